The van der Waals surface area contributed by atoms with Crippen molar-refractivity contribution in [2.45, 2.75) is 29.6 Å². The van der Waals surface area contributed by atoms with Crippen LogP contribution in [0.1, 0.15) is 25.3 Å². The van der Waals surface area contributed by atoms with Crippen LogP contribution in [-0.4, -0.2) is 64.5 Å². The van der Waals surface area contributed by atoms with Crippen LogP contribution in [0.4, 0.5) is 0 Å². The van der Waals surface area contributed by atoms with Crippen molar-refractivity contribution in [3.05, 3.63) is 60.2 Å². The lowest BCUT2D eigenvalue weighted by Gasteiger charge is -2.33. The number of piperazine rings is 1. The Bertz CT molecular complexity index is 1010. The molecule has 1 fully saturated rings. The van der Waals surface area contributed by atoms with Crippen LogP contribution in [0.3, 0.4) is 0 Å². The van der Waals surface area contributed by atoms with Crippen molar-refractivity contribution < 1.29 is 16.8 Å². The normalized spacial score (nSPS) is 16.9. The van der Waals surface area contributed by atoms with Crippen LogP contribution in [0.5, 0.6) is 0 Å². The quantitative estimate of drug-likeness (QED) is 0.667. The molecule has 0 aromatic heterocycles. The minimum atomic E-state index is -3.53. The maximum Gasteiger partial charge on any atom is 0.243 e. The Morgan fingerprint density at radius 2 is 1.38 bits per heavy atom. The zero-order chi connectivity index (χ0) is 21.1. The third-order valence-corrected chi connectivity index (χ3v) is 8.92. The molecule has 1 aliphatic heterocycles. The predicted molar refractivity (Wildman–Crippen MR) is 114 cm³/mol. The summed E-state index contributed by atoms with van der Waals surface area (Å²) in [6, 6.07) is 15.5. The number of rotatable bonds is 7. The molecule has 0 aliphatic carbocycles. The van der Waals surface area contributed by atoms with Crippen LogP contribution in [0, 0.1) is 0 Å². The first kappa shape index (κ1) is 22.0. The van der Waals surface area contributed by atoms with Crippen LogP contribution < -0.4 is 0 Å². The average molecular weight is 437 g/mol. The van der Waals surface area contributed by atoms with Gasteiger partial charge in [0.15, 0.2) is 9.84 Å². The van der Waals surface area contributed by atoms with Gasteiger partial charge >= 0.3 is 0 Å². The van der Waals surface area contributed by atoms with Gasteiger partial charge in [0, 0.05) is 32.7 Å². The first-order chi connectivity index (χ1) is 13.7. The zero-order valence-corrected chi connectivity index (χ0v) is 18.5. The summed E-state index contributed by atoms with van der Waals surface area (Å²) in [6.45, 7) is 6.30. The van der Waals surface area contributed by atoms with E-state index in [0.717, 1.165) is 5.56 Å². The summed E-state index contributed by atoms with van der Waals surface area (Å²) in [5.74, 6) is 0.378. The Morgan fingerprint density at radius 3 is 1.93 bits per heavy atom. The average Bonchev–Trinajstić information content (AvgIpc) is 2.73. The van der Waals surface area contributed by atoms with Crippen molar-refractivity contribution in [1.82, 2.24) is 9.21 Å². The summed E-state index contributed by atoms with van der Waals surface area (Å²) in [5, 5.41) is 0. The highest BCUT2D eigenvalue weighted by molar-refractivity contribution is 7.91. The highest BCUT2D eigenvalue weighted by atomic mass is 32.2. The molecule has 0 radical (unpaired) electrons. The van der Waals surface area contributed by atoms with Crippen molar-refractivity contribution in [3.63, 3.8) is 0 Å². The Labute approximate surface area is 174 Å². The number of hydrogen-bond donors (Lipinski definition) is 0. The fraction of sp³-hybridized carbons (Fsp3) is 0.429. The van der Waals surface area contributed by atoms with E-state index in [4.69, 9.17) is 0 Å². The van der Waals surface area contributed by atoms with Crippen LogP contribution in [0.25, 0.3) is 0 Å². The van der Waals surface area contributed by atoms with Gasteiger partial charge in [0.25, 0.3) is 0 Å². The minimum absolute atomic E-state index is 0.0282. The predicted octanol–water partition coefficient (Wildman–Crippen LogP) is 2.59. The van der Waals surface area contributed by atoms with E-state index in [2.05, 4.69) is 13.8 Å². The van der Waals surface area contributed by atoms with E-state index in [1.165, 1.54) is 4.31 Å². The second-order valence-corrected chi connectivity index (χ2v) is 11.6. The molecular weight excluding hydrogens is 408 g/mol. The zero-order valence-electron chi connectivity index (χ0n) is 16.9. The van der Waals surface area contributed by atoms with E-state index in [1.807, 2.05) is 17.0 Å². The number of sulfonamides is 1. The van der Waals surface area contributed by atoms with Crippen LogP contribution in [0.2, 0.25) is 0 Å². The van der Waals surface area contributed by atoms with E-state index in [-0.39, 0.29) is 5.75 Å². The van der Waals surface area contributed by atoms with Gasteiger partial charge in [-0.1, -0.05) is 44.2 Å². The van der Waals surface area contributed by atoms with Gasteiger partial charge in [-0.3, -0.25) is 4.90 Å². The lowest BCUT2D eigenvalue weighted by Crippen LogP contribution is -2.49. The van der Waals surface area contributed by atoms with Crippen LogP contribution in [-0.2, 0) is 19.9 Å². The van der Waals surface area contributed by atoms with Gasteiger partial charge in [-0.25, -0.2) is 16.8 Å². The molecule has 2 aromatic carbocycles. The molecule has 0 atom stereocenters. The lowest BCUT2D eigenvalue weighted by atomic mass is 10.0. The van der Waals surface area contributed by atoms with Gasteiger partial charge in [0.05, 0.1) is 15.5 Å². The Balaban J connectivity index is 1.57. The first-order valence-corrected chi connectivity index (χ1v) is 12.9. The van der Waals surface area contributed by atoms with E-state index in [0.29, 0.717) is 48.4 Å². The van der Waals surface area contributed by atoms with Crippen molar-refractivity contribution in [3.8, 4) is 0 Å². The SMILES string of the molecule is CC(C)c1ccc(S(=O)(=O)N2CCN(CCS(=O)(=O)c3ccccc3)CC2)cc1. The molecule has 6 nitrogen and oxygen atoms in total. The highest BCUT2D eigenvalue weighted by Gasteiger charge is 2.29. The third-order valence-electron chi connectivity index (χ3n) is 5.29. The van der Waals surface area contributed by atoms with E-state index < -0.39 is 19.9 Å². The molecule has 0 saturated carbocycles. The number of hydrogen-bond acceptors (Lipinski definition) is 5. The minimum Gasteiger partial charge on any atom is -0.300 e. The van der Waals surface area contributed by atoms with Gasteiger partial charge in [-0.15, -0.1) is 0 Å². The van der Waals surface area contributed by atoms with Crippen molar-refractivity contribution in [1.29, 1.82) is 0 Å². The Kier molecular flexibility index (Phi) is 6.78. The molecule has 0 amide bonds. The second-order valence-electron chi connectivity index (χ2n) is 7.60. The van der Waals surface area contributed by atoms with Gasteiger partial charge in [0.1, 0.15) is 0 Å². The summed E-state index contributed by atoms with van der Waals surface area (Å²) in [6.07, 6.45) is 0. The Hall–Kier alpha value is -1.74. The van der Waals surface area contributed by atoms with Crippen molar-refractivity contribution >= 4 is 19.9 Å². The molecule has 0 bridgehead atoms. The fourth-order valence-corrected chi connectivity index (χ4v) is 6.09. The van der Waals surface area contributed by atoms with Crippen LogP contribution in [0.15, 0.2) is 64.4 Å². The summed E-state index contributed by atoms with van der Waals surface area (Å²) in [5.41, 5.74) is 1.10. The molecule has 1 aliphatic rings. The van der Waals surface area contributed by atoms with Crippen LogP contribution >= 0.6 is 0 Å². The summed E-state index contributed by atoms with van der Waals surface area (Å²) in [4.78, 5) is 2.64. The maximum absolute atomic E-state index is 12.9. The Morgan fingerprint density at radius 1 is 0.793 bits per heavy atom. The third kappa shape index (κ3) is 5.25. The molecule has 3 rings (SSSR count). The molecule has 29 heavy (non-hydrogen) atoms. The molecular formula is C21H28N2O4S2. The molecule has 0 spiro atoms. The molecule has 2 aromatic rings. The fourth-order valence-electron chi connectivity index (χ4n) is 3.36. The lowest BCUT2D eigenvalue weighted by molar-refractivity contribution is 0.197. The van der Waals surface area contributed by atoms with E-state index in [9.17, 15) is 16.8 Å². The highest BCUT2D eigenvalue weighted by Crippen LogP contribution is 2.21. The van der Waals surface area contributed by atoms with E-state index >= 15 is 0 Å². The topological polar surface area (TPSA) is 74.8 Å². The molecule has 1 saturated heterocycles. The summed E-state index contributed by atoms with van der Waals surface area (Å²) < 4.78 is 52.1. The van der Waals surface area contributed by atoms with Gasteiger partial charge in [-0.2, -0.15) is 4.31 Å². The molecule has 0 N–H and O–H groups in total. The molecule has 158 valence electrons. The largest absolute Gasteiger partial charge is 0.300 e. The van der Waals surface area contributed by atoms with Gasteiger partial charge < -0.3 is 0 Å². The first-order valence-electron chi connectivity index (χ1n) is 9.80. The maximum atomic E-state index is 12.9. The number of benzene rings is 2. The summed E-state index contributed by atoms with van der Waals surface area (Å²) >= 11 is 0. The molecule has 0 unspecified atom stereocenters. The second kappa shape index (κ2) is 8.95. The van der Waals surface area contributed by atoms with Gasteiger partial charge in [-0.05, 0) is 35.7 Å². The van der Waals surface area contributed by atoms with Gasteiger partial charge in [0.2, 0.25) is 10.0 Å². The summed E-state index contributed by atoms with van der Waals surface area (Å²) in [7, 11) is -6.86. The van der Waals surface area contributed by atoms with E-state index in [1.54, 1.807) is 42.5 Å². The standard InChI is InChI=1S/C21H28N2O4S2/c1-18(2)19-8-10-21(11-9-19)29(26,27)23-14-12-22(13-15-23)16-17-28(24,25)20-6-4-3-5-7-20/h3-11,18H,12-17H2,1-2H3. The van der Waals surface area contributed by atoms with Crippen molar-refractivity contribution in [2.75, 3.05) is 38.5 Å². The molecule has 1 heterocycles. The smallest absolute Gasteiger partial charge is 0.243 e. The number of nitrogens with zero attached hydrogens (tertiary/aromatic N) is 2. The van der Waals surface area contributed by atoms with Crippen molar-refractivity contribution in [2.24, 2.45) is 0 Å². The monoisotopic (exact) mass is 436 g/mol. The molecule has 8 heteroatoms. The number of sulfone groups is 1.